The maximum absolute atomic E-state index is 9.65. The molecule has 1 saturated heterocycles. The smallest absolute Gasteiger partial charge is 0.332 e. The Morgan fingerprint density at radius 2 is 2.36 bits per heavy atom. The number of hydrogen-bond donors (Lipinski definition) is 1. The van der Waals surface area contributed by atoms with Crippen LogP contribution in [0, 0.1) is 0 Å². The molecular weight excluding hydrogens is 160 g/mol. The average molecular weight is 176 g/mol. The Kier molecular flexibility index (Phi) is 3.06. The van der Waals surface area contributed by atoms with Gasteiger partial charge in [0.25, 0.3) is 0 Å². The van der Waals surface area contributed by atoms with Gasteiger partial charge in [-0.1, -0.05) is 13.3 Å². The first-order chi connectivity index (χ1) is 5.14. The number of rotatable bonds is 5. The van der Waals surface area contributed by atoms with Crippen LogP contribution in [0.5, 0.6) is 0 Å². The highest BCUT2D eigenvalue weighted by molar-refractivity contribution is 6.64. The van der Waals surface area contributed by atoms with E-state index in [9.17, 15) is 4.80 Å². The summed E-state index contributed by atoms with van der Waals surface area (Å²) in [6.07, 6.45) is 1.26. The highest BCUT2D eigenvalue weighted by Gasteiger charge is 2.30. The van der Waals surface area contributed by atoms with E-state index in [0.29, 0.717) is 6.61 Å². The summed E-state index contributed by atoms with van der Waals surface area (Å²) < 4.78 is 10.3. The van der Waals surface area contributed by atoms with Crippen molar-refractivity contribution in [3.8, 4) is 0 Å². The Balaban J connectivity index is 2.09. The van der Waals surface area contributed by atoms with Gasteiger partial charge in [0, 0.05) is 0 Å². The molecule has 0 amide bonds. The van der Waals surface area contributed by atoms with E-state index in [4.69, 9.17) is 9.16 Å². The van der Waals surface area contributed by atoms with Crippen LogP contribution in [0.25, 0.3) is 0 Å². The van der Waals surface area contributed by atoms with Crippen LogP contribution in [0.1, 0.15) is 13.3 Å². The highest BCUT2D eigenvalue weighted by atomic mass is 28.4. The fourth-order valence-corrected chi connectivity index (χ4v) is 2.59. The largest absolute Gasteiger partial charge is 0.411 e. The van der Waals surface area contributed by atoms with E-state index in [1.54, 1.807) is 0 Å². The van der Waals surface area contributed by atoms with Crippen LogP contribution in [0.3, 0.4) is 0 Å². The van der Waals surface area contributed by atoms with Gasteiger partial charge in [0.15, 0.2) is 0 Å². The van der Waals surface area contributed by atoms with Gasteiger partial charge in [-0.3, -0.25) is 0 Å². The summed E-state index contributed by atoms with van der Waals surface area (Å²) in [5.41, 5.74) is 0. The number of ether oxygens (including phenoxy) is 1. The predicted octanol–water partition coefficient (Wildman–Crippen LogP) is 0.876. The molecule has 0 aromatic heterocycles. The molecule has 0 aliphatic carbocycles. The molecular formula is C7H16O3Si. The summed E-state index contributed by atoms with van der Waals surface area (Å²) in [5.74, 6) is 0. The zero-order chi connectivity index (χ0) is 8.32. The summed E-state index contributed by atoms with van der Waals surface area (Å²) >= 11 is 0. The van der Waals surface area contributed by atoms with Crippen molar-refractivity contribution in [2.45, 2.75) is 32.0 Å². The molecule has 0 aromatic carbocycles. The molecule has 2 unspecified atom stereocenters. The van der Waals surface area contributed by atoms with Crippen molar-refractivity contribution in [2.24, 2.45) is 0 Å². The number of epoxide rings is 1. The first-order valence-electron chi connectivity index (χ1n) is 4.12. The lowest BCUT2D eigenvalue weighted by molar-refractivity contribution is 0.206. The molecule has 1 N–H and O–H groups in total. The van der Waals surface area contributed by atoms with Crippen molar-refractivity contribution in [1.82, 2.24) is 0 Å². The molecule has 1 aliphatic rings. The van der Waals surface area contributed by atoms with Gasteiger partial charge in [0.2, 0.25) is 0 Å². The molecule has 11 heavy (non-hydrogen) atoms. The van der Waals surface area contributed by atoms with E-state index in [0.717, 1.165) is 19.1 Å². The molecule has 3 nitrogen and oxygen atoms in total. The monoisotopic (exact) mass is 176 g/mol. The first-order valence-corrected chi connectivity index (χ1v) is 6.68. The molecule has 2 atom stereocenters. The molecule has 4 heteroatoms. The van der Waals surface area contributed by atoms with E-state index in [2.05, 4.69) is 6.92 Å². The lowest BCUT2D eigenvalue weighted by atomic mass is 10.5. The van der Waals surface area contributed by atoms with Crippen LogP contribution in [-0.4, -0.2) is 32.7 Å². The Morgan fingerprint density at radius 3 is 2.82 bits per heavy atom. The molecule has 1 aliphatic heterocycles. The van der Waals surface area contributed by atoms with Gasteiger partial charge < -0.3 is 14.0 Å². The third-order valence-corrected chi connectivity index (χ3v) is 3.91. The summed E-state index contributed by atoms with van der Waals surface area (Å²) in [7, 11) is -2.31. The second-order valence-corrected chi connectivity index (χ2v) is 6.33. The van der Waals surface area contributed by atoms with Crippen LogP contribution in [-0.2, 0) is 9.16 Å². The average Bonchev–Trinajstić information content (AvgIpc) is 2.65. The zero-order valence-corrected chi connectivity index (χ0v) is 8.17. The van der Waals surface area contributed by atoms with Gasteiger partial charge in [-0.15, -0.1) is 0 Å². The van der Waals surface area contributed by atoms with E-state index >= 15 is 0 Å². The summed E-state index contributed by atoms with van der Waals surface area (Å²) in [4.78, 5) is 9.65. The normalized spacial score (nSPS) is 28.1. The second kappa shape index (κ2) is 3.67. The van der Waals surface area contributed by atoms with Gasteiger partial charge in [-0.05, 0) is 12.6 Å². The molecule has 66 valence electrons. The van der Waals surface area contributed by atoms with Gasteiger partial charge >= 0.3 is 8.56 Å². The molecule has 0 radical (unpaired) electrons. The predicted molar refractivity (Wildman–Crippen MR) is 44.6 cm³/mol. The molecule has 0 saturated carbocycles. The minimum atomic E-state index is -2.31. The summed E-state index contributed by atoms with van der Waals surface area (Å²) in [5, 5.41) is 0. The van der Waals surface area contributed by atoms with Gasteiger partial charge in [-0.25, -0.2) is 0 Å². The van der Waals surface area contributed by atoms with Crippen molar-refractivity contribution >= 4 is 8.56 Å². The van der Waals surface area contributed by atoms with Crippen molar-refractivity contribution in [1.29, 1.82) is 0 Å². The minimum absolute atomic E-state index is 0.269. The molecule has 1 fully saturated rings. The van der Waals surface area contributed by atoms with Crippen LogP contribution >= 0.6 is 0 Å². The van der Waals surface area contributed by atoms with Gasteiger partial charge in [-0.2, -0.15) is 0 Å². The molecule has 1 rings (SSSR count). The third kappa shape index (κ3) is 3.86. The van der Waals surface area contributed by atoms with Crippen LogP contribution in [0.4, 0.5) is 0 Å². The van der Waals surface area contributed by atoms with Crippen LogP contribution < -0.4 is 0 Å². The number of hydrogen-bond acceptors (Lipinski definition) is 3. The van der Waals surface area contributed by atoms with Crippen molar-refractivity contribution < 1.29 is 14.0 Å². The topological polar surface area (TPSA) is 42.0 Å². The minimum Gasteiger partial charge on any atom is -0.411 e. The van der Waals surface area contributed by atoms with Crippen molar-refractivity contribution in [3.05, 3.63) is 0 Å². The maximum Gasteiger partial charge on any atom is 0.332 e. The Labute approximate surface area is 68.6 Å². The lowest BCUT2D eigenvalue weighted by Crippen LogP contribution is -2.35. The SMILES string of the molecule is CCC[Si](C)(O)OCC1CO1. The lowest BCUT2D eigenvalue weighted by Gasteiger charge is -2.18. The van der Waals surface area contributed by atoms with E-state index < -0.39 is 8.56 Å². The maximum atomic E-state index is 9.65. The van der Waals surface area contributed by atoms with Gasteiger partial charge in [0.1, 0.15) is 6.10 Å². The molecule has 0 aromatic rings. The molecule has 0 bridgehead atoms. The zero-order valence-electron chi connectivity index (χ0n) is 7.17. The standard InChI is InChI=1S/C7H16O3Si/c1-3-4-11(2,8)10-6-7-5-9-7/h7-8H,3-6H2,1-2H3. The fourth-order valence-electron chi connectivity index (χ4n) is 0.973. The van der Waals surface area contributed by atoms with Crippen molar-refractivity contribution in [2.75, 3.05) is 13.2 Å². The summed E-state index contributed by atoms with van der Waals surface area (Å²) in [6.45, 7) is 5.27. The quantitative estimate of drug-likeness (QED) is 0.499. The van der Waals surface area contributed by atoms with E-state index in [1.165, 1.54) is 0 Å². The fraction of sp³-hybridized carbons (Fsp3) is 1.00. The second-order valence-electron chi connectivity index (χ2n) is 3.19. The van der Waals surface area contributed by atoms with Crippen LogP contribution in [0.15, 0.2) is 0 Å². The summed E-state index contributed by atoms with van der Waals surface area (Å²) in [6, 6.07) is 0.819. The van der Waals surface area contributed by atoms with E-state index in [-0.39, 0.29) is 6.10 Å². The Morgan fingerprint density at radius 1 is 1.73 bits per heavy atom. The van der Waals surface area contributed by atoms with E-state index in [1.807, 2.05) is 6.55 Å². The molecule has 0 spiro atoms. The molecule has 1 heterocycles. The van der Waals surface area contributed by atoms with Crippen molar-refractivity contribution in [3.63, 3.8) is 0 Å². The Bertz CT molecular complexity index is 123. The first kappa shape index (κ1) is 9.19. The third-order valence-electron chi connectivity index (χ3n) is 1.70. The highest BCUT2D eigenvalue weighted by Crippen LogP contribution is 2.15. The van der Waals surface area contributed by atoms with Gasteiger partial charge in [0.05, 0.1) is 13.2 Å². The Hall–Kier alpha value is 0.0969. The van der Waals surface area contributed by atoms with Crippen LogP contribution in [0.2, 0.25) is 12.6 Å².